The number of fused-ring (bicyclic) bond motifs is 2. The molecule has 2 N–H and O–H groups in total. The van der Waals surface area contributed by atoms with Crippen molar-refractivity contribution in [3.8, 4) is 5.75 Å². The van der Waals surface area contributed by atoms with Gasteiger partial charge in [0.2, 0.25) is 17.8 Å². The van der Waals surface area contributed by atoms with E-state index in [0.29, 0.717) is 38.6 Å². The van der Waals surface area contributed by atoms with Gasteiger partial charge in [0.1, 0.15) is 18.8 Å². The van der Waals surface area contributed by atoms with Gasteiger partial charge in [-0.1, -0.05) is 51.4 Å². The molecule has 0 radical (unpaired) electrons. The van der Waals surface area contributed by atoms with Crippen LogP contribution in [-0.4, -0.2) is 64.9 Å². The van der Waals surface area contributed by atoms with Gasteiger partial charge < -0.3 is 19.6 Å². The normalized spacial score (nSPS) is 16.7. The molecule has 3 aliphatic rings. The zero-order valence-electron chi connectivity index (χ0n) is 21.8. The van der Waals surface area contributed by atoms with Gasteiger partial charge in [0.15, 0.2) is 0 Å². The molecule has 1 saturated heterocycles. The number of carbonyl (C=O) groups is 3. The summed E-state index contributed by atoms with van der Waals surface area (Å²) in [6.45, 7) is 1.91. The van der Waals surface area contributed by atoms with E-state index < -0.39 is 5.97 Å². The van der Waals surface area contributed by atoms with E-state index in [4.69, 9.17) is 4.74 Å². The number of hydrogen-bond donors (Lipinski definition) is 2. The number of guanidine groups is 1. The van der Waals surface area contributed by atoms with Crippen molar-refractivity contribution in [3.63, 3.8) is 0 Å². The SMILES string of the molecule is O=C(O)CN(CCCCC1CCCC1)C(=O)CCCCCCOc1ccc2c(c1)CN1CC(=O)NC1=N2. The average molecular weight is 513 g/mol. The first-order valence-electron chi connectivity index (χ1n) is 13.9. The Hall–Kier alpha value is -3.10. The molecule has 1 aromatic carbocycles. The molecule has 9 heteroatoms. The smallest absolute Gasteiger partial charge is 0.323 e. The van der Waals surface area contributed by atoms with E-state index in [1.807, 2.05) is 23.1 Å². The van der Waals surface area contributed by atoms with Gasteiger partial charge in [0, 0.05) is 25.1 Å². The number of carbonyl (C=O) groups excluding carboxylic acids is 2. The Morgan fingerprint density at radius 2 is 1.89 bits per heavy atom. The monoisotopic (exact) mass is 512 g/mol. The summed E-state index contributed by atoms with van der Waals surface area (Å²) in [6, 6.07) is 5.81. The van der Waals surface area contributed by atoms with Crippen LogP contribution < -0.4 is 10.1 Å². The fourth-order valence-corrected chi connectivity index (χ4v) is 5.50. The molecular weight excluding hydrogens is 472 g/mol. The molecule has 2 amide bonds. The molecule has 1 aromatic rings. The molecule has 9 nitrogen and oxygen atoms in total. The number of nitrogens with one attached hydrogen (secondary N) is 1. The van der Waals surface area contributed by atoms with Crippen LogP contribution in [0.2, 0.25) is 0 Å². The van der Waals surface area contributed by atoms with Crippen molar-refractivity contribution in [3.05, 3.63) is 23.8 Å². The van der Waals surface area contributed by atoms with E-state index in [0.717, 1.165) is 61.4 Å². The number of aliphatic carboxylic acids is 1. The summed E-state index contributed by atoms with van der Waals surface area (Å²) in [5.41, 5.74) is 1.90. The number of carboxylic acids is 1. The maximum absolute atomic E-state index is 12.6. The highest BCUT2D eigenvalue weighted by Crippen LogP contribution is 2.31. The van der Waals surface area contributed by atoms with Gasteiger partial charge in [-0.3, -0.25) is 19.7 Å². The van der Waals surface area contributed by atoms with Crippen molar-refractivity contribution in [2.75, 3.05) is 26.2 Å². The van der Waals surface area contributed by atoms with Crippen LogP contribution >= 0.6 is 0 Å². The van der Waals surface area contributed by atoms with Crippen LogP contribution in [0.25, 0.3) is 0 Å². The van der Waals surface area contributed by atoms with E-state index in [2.05, 4.69) is 10.3 Å². The summed E-state index contributed by atoms with van der Waals surface area (Å²) >= 11 is 0. The second-order valence-electron chi connectivity index (χ2n) is 10.5. The van der Waals surface area contributed by atoms with Gasteiger partial charge in [0.05, 0.1) is 12.3 Å². The van der Waals surface area contributed by atoms with Gasteiger partial charge in [-0.05, 0) is 43.4 Å². The van der Waals surface area contributed by atoms with E-state index >= 15 is 0 Å². The molecule has 1 saturated carbocycles. The van der Waals surface area contributed by atoms with Crippen LogP contribution in [0.4, 0.5) is 5.69 Å². The fraction of sp³-hybridized carbons (Fsp3) is 0.643. The van der Waals surface area contributed by atoms with Gasteiger partial charge in [-0.2, -0.15) is 0 Å². The number of ether oxygens (including phenoxy) is 1. The number of nitrogens with zero attached hydrogens (tertiary/aromatic N) is 3. The number of hydrogen-bond acceptors (Lipinski definition) is 6. The minimum Gasteiger partial charge on any atom is -0.494 e. The largest absolute Gasteiger partial charge is 0.494 e. The molecule has 1 aliphatic carbocycles. The topological polar surface area (TPSA) is 112 Å². The summed E-state index contributed by atoms with van der Waals surface area (Å²) in [6.07, 6.45) is 12.4. The van der Waals surface area contributed by atoms with Gasteiger partial charge >= 0.3 is 5.97 Å². The standard InChI is InChI=1S/C28H40N4O5/c33-25-19-32-18-22-17-23(13-14-24(22)29-28(32)30-25)37-16-8-2-1-3-12-26(34)31(20-27(35)36)15-7-6-11-21-9-4-5-10-21/h13-14,17,21H,1-12,15-16,18-20H2,(H,35,36)(H,29,30,33). The summed E-state index contributed by atoms with van der Waals surface area (Å²) in [5, 5.41) is 12.0. The van der Waals surface area contributed by atoms with Crippen molar-refractivity contribution in [2.24, 2.45) is 10.9 Å². The van der Waals surface area contributed by atoms with Crippen LogP contribution in [0.5, 0.6) is 5.75 Å². The predicted molar refractivity (Wildman–Crippen MR) is 141 cm³/mol. The lowest BCUT2D eigenvalue weighted by atomic mass is 10.0. The highest BCUT2D eigenvalue weighted by molar-refractivity contribution is 6.05. The lowest BCUT2D eigenvalue weighted by Crippen LogP contribution is -2.36. The van der Waals surface area contributed by atoms with Crippen LogP contribution in [0.15, 0.2) is 23.2 Å². The van der Waals surface area contributed by atoms with Crippen LogP contribution in [0.3, 0.4) is 0 Å². The van der Waals surface area contributed by atoms with Crippen molar-refractivity contribution in [1.82, 2.24) is 15.1 Å². The molecule has 2 fully saturated rings. The Kier molecular flexibility index (Phi) is 9.79. The number of unbranched alkanes of at least 4 members (excludes halogenated alkanes) is 4. The second kappa shape index (κ2) is 13.4. The van der Waals surface area contributed by atoms with Crippen molar-refractivity contribution >= 4 is 29.4 Å². The Morgan fingerprint density at radius 3 is 2.70 bits per heavy atom. The zero-order chi connectivity index (χ0) is 26.0. The van der Waals surface area contributed by atoms with E-state index in [1.54, 1.807) is 0 Å². The van der Waals surface area contributed by atoms with Crippen molar-refractivity contribution in [1.29, 1.82) is 0 Å². The summed E-state index contributed by atoms with van der Waals surface area (Å²) in [7, 11) is 0. The molecule has 0 bridgehead atoms. The quantitative estimate of drug-likeness (QED) is 0.340. The first-order valence-corrected chi connectivity index (χ1v) is 13.9. The fourth-order valence-electron chi connectivity index (χ4n) is 5.50. The Labute approximate surface area is 219 Å². The Morgan fingerprint density at radius 1 is 1.08 bits per heavy atom. The molecule has 0 spiro atoms. The average Bonchev–Trinajstić information content (AvgIpc) is 3.51. The van der Waals surface area contributed by atoms with Crippen LogP contribution in [-0.2, 0) is 20.9 Å². The molecule has 0 aromatic heterocycles. The molecule has 4 rings (SSSR count). The third-order valence-corrected chi connectivity index (χ3v) is 7.52. The lowest BCUT2D eigenvalue weighted by molar-refractivity contribution is -0.144. The lowest BCUT2D eigenvalue weighted by Gasteiger charge is -2.23. The van der Waals surface area contributed by atoms with E-state index in [-0.39, 0.29) is 18.4 Å². The molecule has 202 valence electrons. The Bertz CT molecular complexity index is 989. The van der Waals surface area contributed by atoms with Gasteiger partial charge in [-0.15, -0.1) is 0 Å². The Balaban J connectivity index is 1.08. The number of aliphatic imine (C=N–C) groups is 1. The third kappa shape index (κ3) is 8.20. The number of carboxylic acid groups (broad SMARTS) is 1. The summed E-state index contributed by atoms with van der Waals surface area (Å²) < 4.78 is 5.92. The number of amides is 2. The molecule has 2 aliphatic heterocycles. The highest BCUT2D eigenvalue weighted by atomic mass is 16.5. The van der Waals surface area contributed by atoms with Gasteiger partial charge in [-0.25, -0.2) is 4.99 Å². The highest BCUT2D eigenvalue weighted by Gasteiger charge is 2.29. The summed E-state index contributed by atoms with van der Waals surface area (Å²) in [5.74, 6) is 1.22. The van der Waals surface area contributed by atoms with Crippen LogP contribution in [0, 0.1) is 5.92 Å². The first kappa shape index (κ1) is 26.9. The minimum atomic E-state index is -0.943. The zero-order valence-corrected chi connectivity index (χ0v) is 21.8. The molecule has 37 heavy (non-hydrogen) atoms. The van der Waals surface area contributed by atoms with Gasteiger partial charge in [0.25, 0.3) is 0 Å². The molecule has 0 unspecified atom stereocenters. The maximum atomic E-state index is 12.6. The van der Waals surface area contributed by atoms with Crippen molar-refractivity contribution in [2.45, 2.75) is 83.6 Å². The third-order valence-electron chi connectivity index (χ3n) is 7.52. The van der Waals surface area contributed by atoms with Crippen LogP contribution in [0.1, 0.15) is 82.6 Å². The maximum Gasteiger partial charge on any atom is 0.323 e. The molecule has 0 atom stereocenters. The van der Waals surface area contributed by atoms with E-state index in [9.17, 15) is 19.5 Å². The number of benzene rings is 1. The molecular formula is C28H40N4O5. The van der Waals surface area contributed by atoms with Crippen molar-refractivity contribution < 1.29 is 24.2 Å². The minimum absolute atomic E-state index is 0.0335. The van der Waals surface area contributed by atoms with E-state index in [1.165, 1.54) is 37.0 Å². The summed E-state index contributed by atoms with van der Waals surface area (Å²) in [4.78, 5) is 43.4. The predicted octanol–water partition coefficient (Wildman–Crippen LogP) is 4.22. The molecule has 2 heterocycles. The second-order valence-corrected chi connectivity index (χ2v) is 10.5. The number of rotatable bonds is 15. The first-order chi connectivity index (χ1) is 18.0.